The third kappa shape index (κ3) is 3.01. The summed E-state index contributed by atoms with van der Waals surface area (Å²) in [6.07, 6.45) is 0.944. The van der Waals surface area contributed by atoms with E-state index in [2.05, 4.69) is 33.6 Å². The van der Waals surface area contributed by atoms with Crippen molar-refractivity contribution >= 4 is 16.8 Å². The van der Waals surface area contributed by atoms with Crippen molar-refractivity contribution in [2.24, 2.45) is 0 Å². The SMILES string of the molecule is Cc1cc2cc(CNC(=O)c3c(C)nn([C@@H]4CCOC4)c3C)ccc2[nH]1. The van der Waals surface area contributed by atoms with Crippen molar-refractivity contribution in [3.05, 3.63) is 52.5 Å². The van der Waals surface area contributed by atoms with E-state index in [9.17, 15) is 4.79 Å². The first kappa shape index (κ1) is 16.8. The van der Waals surface area contributed by atoms with Gasteiger partial charge in [-0.05, 0) is 56.3 Å². The maximum atomic E-state index is 12.8. The molecule has 1 aliphatic rings. The van der Waals surface area contributed by atoms with Crippen LogP contribution in [0.15, 0.2) is 24.3 Å². The summed E-state index contributed by atoms with van der Waals surface area (Å²) in [5.74, 6) is -0.0736. The molecule has 0 aliphatic carbocycles. The normalized spacial score (nSPS) is 17.1. The molecule has 1 amide bonds. The van der Waals surface area contributed by atoms with Crippen molar-refractivity contribution in [3.63, 3.8) is 0 Å². The van der Waals surface area contributed by atoms with Crippen molar-refractivity contribution in [1.29, 1.82) is 0 Å². The number of amides is 1. The first-order chi connectivity index (χ1) is 12.5. The van der Waals surface area contributed by atoms with Crippen LogP contribution >= 0.6 is 0 Å². The predicted octanol–water partition coefficient (Wildman–Crippen LogP) is 3.18. The predicted molar refractivity (Wildman–Crippen MR) is 100 cm³/mol. The standard InChI is InChI=1S/C20H24N4O2/c1-12-8-16-9-15(4-5-18(16)22-12)10-21-20(25)19-13(2)23-24(14(19)3)17-6-7-26-11-17/h4-5,8-9,17,22H,6-7,10-11H2,1-3H3,(H,21,25)/t17-/m1/s1. The molecule has 4 rings (SSSR count). The zero-order chi connectivity index (χ0) is 18.3. The second-order valence-electron chi connectivity index (χ2n) is 7.06. The molecule has 1 fully saturated rings. The molecule has 0 saturated carbocycles. The summed E-state index contributed by atoms with van der Waals surface area (Å²) in [6.45, 7) is 7.81. The van der Waals surface area contributed by atoms with E-state index in [0.29, 0.717) is 18.7 Å². The number of nitrogens with zero attached hydrogens (tertiary/aromatic N) is 2. The zero-order valence-electron chi connectivity index (χ0n) is 15.4. The van der Waals surface area contributed by atoms with E-state index in [1.165, 1.54) is 0 Å². The van der Waals surface area contributed by atoms with Crippen molar-refractivity contribution in [2.45, 2.75) is 39.8 Å². The summed E-state index contributed by atoms with van der Waals surface area (Å²) in [6, 6.07) is 8.55. The summed E-state index contributed by atoms with van der Waals surface area (Å²) in [5, 5.41) is 8.78. The summed E-state index contributed by atoms with van der Waals surface area (Å²) in [4.78, 5) is 16.1. The summed E-state index contributed by atoms with van der Waals surface area (Å²) in [7, 11) is 0. The van der Waals surface area contributed by atoms with Crippen LogP contribution in [0.1, 0.15) is 45.5 Å². The average Bonchev–Trinajstić information content (AvgIpc) is 3.31. The smallest absolute Gasteiger partial charge is 0.255 e. The zero-order valence-corrected chi connectivity index (χ0v) is 15.4. The van der Waals surface area contributed by atoms with Crippen LogP contribution in [0.25, 0.3) is 10.9 Å². The lowest BCUT2D eigenvalue weighted by Gasteiger charge is -2.11. The molecule has 136 valence electrons. The van der Waals surface area contributed by atoms with Gasteiger partial charge < -0.3 is 15.0 Å². The Hall–Kier alpha value is -2.60. The van der Waals surface area contributed by atoms with Gasteiger partial charge in [0.15, 0.2) is 0 Å². The summed E-state index contributed by atoms with van der Waals surface area (Å²) >= 11 is 0. The minimum absolute atomic E-state index is 0.0736. The van der Waals surface area contributed by atoms with Crippen LogP contribution in [-0.2, 0) is 11.3 Å². The van der Waals surface area contributed by atoms with Crippen molar-refractivity contribution in [1.82, 2.24) is 20.1 Å². The lowest BCUT2D eigenvalue weighted by atomic mass is 10.1. The quantitative estimate of drug-likeness (QED) is 0.757. The first-order valence-electron chi connectivity index (χ1n) is 9.03. The molecule has 0 bridgehead atoms. The number of nitrogens with one attached hydrogen (secondary N) is 2. The Morgan fingerprint density at radius 2 is 2.19 bits per heavy atom. The molecule has 0 spiro atoms. The average molecular weight is 352 g/mol. The van der Waals surface area contributed by atoms with Crippen LogP contribution in [0, 0.1) is 20.8 Å². The number of aryl methyl sites for hydroxylation is 2. The molecule has 6 heteroatoms. The minimum atomic E-state index is -0.0736. The van der Waals surface area contributed by atoms with E-state index in [1.807, 2.05) is 31.5 Å². The van der Waals surface area contributed by atoms with Gasteiger partial charge >= 0.3 is 0 Å². The van der Waals surface area contributed by atoms with Gasteiger partial charge in [-0.2, -0.15) is 5.10 Å². The van der Waals surface area contributed by atoms with E-state index < -0.39 is 0 Å². The molecule has 3 heterocycles. The fourth-order valence-corrected chi connectivity index (χ4v) is 3.77. The number of ether oxygens (including phenoxy) is 1. The van der Waals surface area contributed by atoms with Crippen molar-refractivity contribution in [3.8, 4) is 0 Å². The third-order valence-corrected chi connectivity index (χ3v) is 5.08. The molecule has 1 aliphatic heterocycles. The van der Waals surface area contributed by atoms with Crippen molar-refractivity contribution in [2.75, 3.05) is 13.2 Å². The molecule has 2 aromatic heterocycles. The molecule has 3 aromatic rings. The number of fused-ring (bicyclic) bond motifs is 1. The van der Waals surface area contributed by atoms with Crippen LogP contribution in [0.2, 0.25) is 0 Å². The van der Waals surface area contributed by atoms with Gasteiger partial charge in [-0.15, -0.1) is 0 Å². The molecular formula is C20H24N4O2. The Morgan fingerprint density at radius 1 is 1.35 bits per heavy atom. The Morgan fingerprint density at radius 3 is 2.96 bits per heavy atom. The second-order valence-corrected chi connectivity index (χ2v) is 7.06. The Labute approximate surface area is 152 Å². The van der Waals surface area contributed by atoms with E-state index in [-0.39, 0.29) is 11.9 Å². The van der Waals surface area contributed by atoms with Gasteiger partial charge in [0.25, 0.3) is 5.91 Å². The highest BCUT2D eigenvalue weighted by Crippen LogP contribution is 2.24. The maximum absolute atomic E-state index is 12.8. The molecule has 1 atom stereocenters. The number of aromatic nitrogens is 3. The Kier molecular flexibility index (Phi) is 4.28. The van der Waals surface area contributed by atoms with Crippen LogP contribution in [-0.4, -0.2) is 33.9 Å². The number of benzene rings is 1. The van der Waals surface area contributed by atoms with E-state index >= 15 is 0 Å². The number of hydrogen-bond acceptors (Lipinski definition) is 3. The van der Waals surface area contributed by atoms with Crippen molar-refractivity contribution < 1.29 is 9.53 Å². The molecule has 0 radical (unpaired) electrons. The number of carbonyl (C=O) groups is 1. The second kappa shape index (κ2) is 6.61. The topological polar surface area (TPSA) is 71.9 Å². The number of H-pyrrole nitrogens is 1. The number of aromatic amines is 1. The van der Waals surface area contributed by atoms with Gasteiger partial charge in [-0.3, -0.25) is 9.48 Å². The van der Waals surface area contributed by atoms with Gasteiger partial charge in [0.1, 0.15) is 0 Å². The van der Waals surface area contributed by atoms with Gasteiger partial charge in [0.2, 0.25) is 0 Å². The largest absolute Gasteiger partial charge is 0.379 e. The highest BCUT2D eigenvalue weighted by Gasteiger charge is 2.25. The first-order valence-corrected chi connectivity index (χ1v) is 9.03. The van der Waals surface area contributed by atoms with Gasteiger partial charge in [0, 0.05) is 30.1 Å². The minimum Gasteiger partial charge on any atom is -0.379 e. The van der Waals surface area contributed by atoms with E-state index in [0.717, 1.165) is 46.6 Å². The highest BCUT2D eigenvalue weighted by atomic mass is 16.5. The fraction of sp³-hybridized carbons (Fsp3) is 0.400. The number of hydrogen-bond donors (Lipinski definition) is 2. The van der Waals surface area contributed by atoms with E-state index in [4.69, 9.17) is 4.74 Å². The van der Waals surface area contributed by atoms with Crippen LogP contribution in [0.3, 0.4) is 0 Å². The molecule has 1 aromatic carbocycles. The van der Waals surface area contributed by atoms with Gasteiger partial charge in [0.05, 0.1) is 23.9 Å². The fourth-order valence-electron chi connectivity index (χ4n) is 3.77. The van der Waals surface area contributed by atoms with Crippen LogP contribution in [0.4, 0.5) is 0 Å². The molecule has 2 N–H and O–H groups in total. The number of carbonyl (C=O) groups excluding carboxylic acids is 1. The lowest BCUT2D eigenvalue weighted by Crippen LogP contribution is -2.24. The summed E-state index contributed by atoms with van der Waals surface area (Å²) < 4.78 is 7.40. The highest BCUT2D eigenvalue weighted by molar-refractivity contribution is 5.96. The maximum Gasteiger partial charge on any atom is 0.255 e. The van der Waals surface area contributed by atoms with Crippen LogP contribution < -0.4 is 5.32 Å². The molecule has 1 saturated heterocycles. The lowest BCUT2D eigenvalue weighted by molar-refractivity contribution is 0.0949. The van der Waals surface area contributed by atoms with Gasteiger partial charge in [-0.1, -0.05) is 6.07 Å². The Bertz CT molecular complexity index is 964. The number of rotatable bonds is 4. The molecule has 6 nitrogen and oxygen atoms in total. The summed E-state index contributed by atoms with van der Waals surface area (Å²) in [5.41, 5.74) is 5.68. The van der Waals surface area contributed by atoms with Crippen LogP contribution in [0.5, 0.6) is 0 Å². The molecular weight excluding hydrogens is 328 g/mol. The Balaban J connectivity index is 1.50. The molecule has 0 unspecified atom stereocenters. The third-order valence-electron chi connectivity index (χ3n) is 5.08. The van der Waals surface area contributed by atoms with E-state index in [1.54, 1.807) is 0 Å². The monoisotopic (exact) mass is 352 g/mol. The molecule has 26 heavy (non-hydrogen) atoms. The van der Waals surface area contributed by atoms with Gasteiger partial charge in [-0.25, -0.2) is 0 Å².